The fraction of sp³-hybridized carbons (Fsp3) is 0. The van der Waals surface area contributed by atoms with Crippen molar-refractivity contribution in [2.75, 3.05) is 0 Å². The number of rotatable bonds is 2. The molecule has 94 valence electrons. The maximum Gasteiger partial charge on any atom is 0.170 e. The number of oxime groups is 1. The maximum absolute atomic E-state index is 8.84. The lowest BCUT2D eigenvalue weighted by atomic mass is 10.0. The zero-order valence-electron chi connectivity index (χ0n) is 9.93. The lowest BCUT2D eigenvalue weighted by Crippen LogP contribution is -2.14. The Morgan fingerprint density at radius 2 is 1.95 bits per heavy atom. The summed E-state index contributed by atoms with van der Waals surface area (Å²) in [5.41, 5.74) is 7.27. The van der Waals surface area contributed by atoms with E-state index in [2.05, 4.69) is 15.2 Å². The third-order valence-corrected chi connectivity index (χ3v) is 2.95. The third kappa shape index (κ3) is 1.79. The van der Waals surface area contributed by atoms with Gasteiger partial charge in [-0.05, 0) is 17.5 Å². The summed E-state index contributed by atoms with van der Waals surface area (Å²) in [5, 5.41) is 17.9. The number of hydrogen-bond acceptors (Lipinski definition) is 4. The summed E-state index contributed by atoms with van der Waals surface area (Å²) in [6.45, 7) is 0. The van der Waals surface area contributed by atoms with Crippen LogP contribution < -0.4 is 5.73 Å². The van der Waals surface area contributed by atoms with Crippen LogP contribution in [0.3, 0.4) is 0 Å². The lowest BCUT2D eigenvalue weighted by Gasteiger charge is -2.09. The number of nitrogens with zero attached hydrogens (tertiary/aromatic N) is 4. The van der Waals surface area contributed by atoms with E-state index >= 15 is 0 Å². The van der Waals surface area contributed by atoms with Crippen LogP contribution in [0.5, 0.6) is 0 Å². The SMILES string of the molecule is N/C(=N/O)c1ccc(-n2cncn2)c2ccccc12. The van der Waals surface area contributed by atoms with E-state index in [9.17, 15) is 0 Å². The summed E-state index contributed by atoms with van der Waals surface area (Å²) in [4.78, 5) is 3.94. The van der Waals surface area contributed by atoms with E-state index < -0.39 is 0 Å². The fourth-order valence-electron chi connectivity index (χ4n) is 2.09. The molecule has 0 spiro atoms. The molecule has 0 saturated heterocycles. The number of amidine groups is 1. The van der Waals surface area contributed by atoms with Crippen LogP contribution in [0.15, 0.2) is 54.2 Å². The molecule has 2 aromatic carbocycles. The Labute approximate surface area is 108 Å². The van der Waals surface area contributed by atoms with E-state index in [4.69, 9.17) is 10.9 Å². The van der Waals surface area contributed by atoms with Crippen molar-refractivity contribution in [3.05, 3.63) is 54.6 Å². The van der Waals surface area contributed by atoms with Gasteiger partial charge < -0.3 is 10.9 Å². The van der Waals surface area contributed by atoms with Gasteiger partial charge in [0, 0.05) is 10.9 Å². The van der Waals surface area contributed by atoms with Gasteiger partial charge in [0.2, 0.25) is 0 Å². The Hall–Kier alpha value is -2.89. The van der Waals surface area contributed by atoms with Gasteiger partial charge in [0.15, 0.2) is 5.84 Å². The molecule has 0 aliphatic heterocycles. The first-order valence-corrected chi connectivity index (χ1v) is 5.66. The molecule has 1 aromatic heterocycles. The Kier molecular flexibility index (Phi) is 2.60. The molecule has 0 saturated carbocycles. The predicted octanol–water partition coefficient (Wildman–Crippen LogP) is 1.51. The quantitative estimate of drug-likeness (QED) is 0.313. The van der Waals surface area contributed by atoms with Crippen molar-refractivity contribution in [3.8, 4) is 5.69 Å². The summed E-state index contributed by atoms with van der Waals surface area (Å²) in [6, 6.07) is 11.4. The molecule has 0 bridgehead atoms. The van der Waals surface area contributed by atoms with Crippen LogP contribution >= 0.6 is 0 Å². The smallest absolute Gasteiger partial charge is 0.170 e. The molecule has 3 N–H and O–H groups in total. The monoisotopic (exact) mass is 253 g/mol. The third-order valence-electron chi connectivity index (χ3n) is 2.95. The van der Waals surface area contributed by atoms with Crippen LogP contribution in [0.2, 0.25) is 0 Å². The number of benzene rings is 2. The zero-order chi connectivity index (χ0) is 13.2. The summed E-state index contributed by atoms with van der Waals surface area (Å²) in [6.07, 6.45) is 3.11. The molecular formula is C13H11N5O. The topological polar surface area (TPSA) is 89.3 Å². The molecule has 0 amide bonds. The van der Waals surface area contributed by atoms with Crippen molar-refractivity contribution < 1.29 is 5.21 Å². The van der Waals surface area contributed by atoms with Crippen LogP contribution in [0.1, 0.15) is 5.56 Å². The minimum absolute atomic E-state index is 0.0846. The van der Waals surface area contributed by atoms with E-state index in [0.717, 1.165) is 16.5 Å². The summed E-state index contributed by atoms with van der Waals surface area (Å²) >= 11 is 0. The minimum Gasteiger partial charge on any atom is -0.409 e. The second-order valence-corrected chi connectivity index (χ2v) is 4.00. The van der Waals surface area contributed by atoms with Gasteiger partial charge in [0.1, 0.15) is 12.7 Å². The predicted molar refractivity (Wildman–Crippen MR) is 71.4 cm³/mol. The van der Waals surface area contributed by atoms with Gasteiger partial charge in [0.25, 0.3) is 0 Å². The summed E-state index contributed by atoms with van der Waals surface area (Å²) < 4.78 is 1.68. The van der Waals surface area contributed by atoms with Gasteiger partial charge in [0.05, 0.1) is 5.69 Å². The second kappa shape index (κ2) is 4.41. The Bertz CT molecular complexity index is 749. The van der Waals surface area contributed by atoms with E-state index in [-0.39, 0.29) is 5.84 Å². The van der Waals surface area contributed by atoms with Crippen molar-refractivity contribution in [2.24, 2.45) is 10.9 Å². The molecule has 3 rings (SSSR count). The van der Waals surface area contributed by atoms with Gasteiger partial charge in [-0.15, -0.1) is 0 Å². The van der Waals surface area contributed by atoms with Crippen LogP contribution in [0.4, 0.5) is 0 Å². The molecule has 6 heteroatoms. The van der Waals surface area contributed by atoms with Gasteiger partial charge in [-0.1, -0.05) is 29.4 Å². The van der Waals surface area contributed by atoms with E-state index in [1.54, 1.807) is 17.1 Å². The molecule has 0 aliphatic carbocycles. The van der Waals surface area contributed by atoms with Crippen LogP contribution in [-0.2, 0) is 0 Å². The van der Waals surface area contributed by atoms with Crippen molar-refractivity contribution in [2.45, 2.75) is 0 Å². The van der Waals surface area contributed by atoms with Crippen LogP contribution in [0.25, 0.3) is 16.5 Å². The normalized spacial score (nSPS) is 11.9. The molecule has 0 atom stereocenters. The van der Waals surface area contributed by atoms with Crippen LogP contribution in [-0.4, -0.2) is 25.8 Å². The Morgan fingerprint density at radius 1 is 1.16 bits per heavy atom. The first kappa shape index (κ1) is 11.2. The van der Waals surface area contributed by atoms with E-state index in [1.807, 2.05) is 30.3 Å². The number of hydrogen-bond donors (Lipinski definition) is 2. The highest BCUT2D eigenvalue weighted by atomic mass is 16.4. The molecule has 19 heavy (non-hydrogen) atoms. The Balaban J connectivity index is 2.34. The van der Waals surface area contributed by atoms with Gasteiger partial charge in [-0.25, -0.2) is 9.67 Å². The zero-order valence-corrected chi connectivity index (χ0v) is 9.93. The van der Waals surface area contributed by atoms with Gasteiger partial charge >= 0.3 is 0 Å². The standard InChI is InChI=1S/C13H11N5O/c14-13(17-19)11-5-6-12(18-8-15-7-16-18)10-4-2-1-3-9(10)11/h1-8,19H,(H2,14,17). The van der Waals surface area contributed by atoms with Crippen molar-refractivity contribution in [1.82, 2.24) is 14.8 Å². The fourth-order valence-corrected chi connectivity index (χ4v) is 2.09. The number of aromatic nitrogens is 3. The van der Waals surface area contributed by atoms with Crippen LogP contribution in [0, 0.1) is 0 Å². The summed E-state index contributed by atoms with van der Waals surface area (Å²) in [7, 11) is 0. The largest absolute Gasteiger partial charge is 0.409 e. The molecule has 6 nitrogen and oxygen atoms in total. The molecule has 0 fully saturated rings. The van der Waals surface area contributed by atoms with Crippen molar-refractivity contribution >= 4 is 16.6 Å². The van der Waals surface area contributed by atoms with Crippen molar-refractivity contribution in [3.63, 3.8) is 0 Å². The molecule has 0 unspecified atom stereocenters. The Morgan fingerprint density at radius 3 is 2.63 bits per heavy atom. The highest BCUT2D eigenvalue weighted by Crippen LogP contribution is 2.25. The highest BCUT2D eigenvalue weighted by molar-refractivity contribution is 6.10. The van der Waals surface area contributed by atoms with E-state index in [1.165, 1.54) is 6.33 Å². The molecular weight excluding hydrogens is 242 g/mol. The molecule has 1 heterocycles. The molecule has 3 aromatic rings. The van der Waals surface area contributed by atoms with Gasteiger partial charge in [-0.2, -0.15) is 5.10 Å². The summed E-state index contributed by atoms with van der Waals surface area (Å²) in [5.74, 6) is 0.0846. The van der Waals surface area contributed by atoms with Gasteiger partial charge in [-0.3, -0.25) is 0 Å². The van der Waals surface area contributed by atoms with Crippen molar-refractivity contribution in [1.29, 1.82) is 0 Å². The minimum atomic E-state index is 0.0846. The number of nitrogens with two attached hydrogens (primary N) is 1. The average Bonchev–Trinajstić information content (AvgIpc) is 2.99. The highest BCUT2D eigenvalue weighted by Gasteiger charge is 2.10. The average molecular weight is 253 g/mol. The molecule has 0 aliphatic rings. The lowest BCUT2D eigenvalue weighted by molar-refractivity contribution is 0.318. The second-order valence-electron chi connectivity index (χ2n) is 4.00. The first-order chi connectivity index (χ1) is 9.31. The maximum atomic E-state index is 8.84. The molecule has 0 radical (unpaired) electrons. The first-order valence-electron chi connectivity index (χ1n) is 5.66. The van der Waals surface area contributed by atoms with E-state index in [0.29, 0.717) is 5.56 Å². The number of fused-ring (bicyclic) bond motifs is 1.